The lowest BCUT2D eigenvalue weighted by atomic mass is 9.98. The Hall–Kier alpha value is -1.10. The van der Waals surface area contributed by atoms with E-state index in [2.05, 4.69) is 10.1 Å². The SMILES string of the molecule is COC(=O)[C@@H](COC1CCCCC1)NC(C)=O. The molecule has 0 saturated heterocycles. The molecule has 0 spiro atoms. The predicted molar refractivity (Wildman–Crippen MR) is 62.4 cm³/mol. The van der Waals surface area contributed by atoms with Gasteiger partial charge in [0.05, 0.1) is 19.8 Å². The van der Waals surface area contributed by atoms with Crippen molar-refractivity contribution < 1.29 is 19.1 Å². The largest absolute Gasteiger partial charge is 0.467 e. The average Bonchev–Trinajstić information content (AvgIpc) is 2.34. The van der Waals surface area contributed by atoms with E-state index in [1.807, 2.05) is 0 Å². The number of rotatable bonds is 5. The summed E-state index contributed by atoms with van der Waals surface area (Å²) in [6.45, 7) is 1.56. The van der Waals surface area contributed by atoms with Gasteiger partial charge in [-0.15, -0.1) is 0 Å². The summed E-state index contributed by atoms with van der Waals surface area (Å²) in [5, 5.41) is 2.53. The first-order valence-corrected chi connectivity index (χ1v) is 6.10. The average molecular weight is 243 g/mol. The molecule has 1 amide bonds. The molecule has 1 N–H and O–H groups in total. The highest BCUT2D eigenvalue weighted by Crippen LogP contribution is 2.20. The normalized spacial score (nSPS) is 18.5. The zero-order valence-corrected chi connectivity index (χ0v) is 10.5. The fourth-order valence-corrected chi connectivity index (χ4v) is 2.02. The van der Waals surface area contributed by atoms with E-state index < -0.39 is 12.0 Å². The second kappa shape index (κ2) is 7.27. The van der Waals surface area contributed by atoms with Gasteiger partial charge in [0, 0.05) is 6.92 Å². The predicted octanol–water partition coefficient (Wildman–Crippen LogP) is 1.01. The van der Waals surface area contributed by atoms with Crippen LogP contribution in [0.5, 0.6) is 0 Å². The number of amides is 1. The molecule has 0 aliphatic heterocycles. The molecule has 1 saturated carbocycles. The first-order chi connectivity index (χ1) is 8.13. The lowest BCUT2D eigenvalue weighted by Gasteiger charge is -2.24. The molecule has 0 aromatic carbocycles. The molecule has 5 heteroatoms. The smallest absolute Gasteiger partial charge is 0.330 e. The molecule has 0 bridgehead atoms. The van der Waals surface area contributed by atoms with Gasteiger partial charge < -0.3 is 14.8 Å². The van der Waals surface area contributed by atoms with Crippen molar-refractivity contribution in [2.75, 3.05) is 13.7 Å². The van der Waals surface area contributed by atoms with E-state index in [0.29, 0.717) is 0 Å². The molecule has 1 atom stereocenters. The Morgan fingerprint density at radius 1 is 1.29 bits per heavy atom. The molecule has 1 rings (SSSR count). The molecule has 5 nitrogen and oxygen atoms in total. The number of carbonyl (C=O) groups excluding carboxylic acids is 2. The van der Waals surface area contributed by atoms with Gasteiger partial charge in [0.1, 0.15) is 0 Å². The Morgan fingerprint density at radius 2 is 1.94 bits per heavy atom. The Balaban J connectivity index is 2.36. The number of carbonyl (C=O) groups is 2. The number of methoxy groups -OCH3 is 1. The van der Waals surface area contributed by atoms with Gasteiger partial charge in [-0.05, 0) is 12.8 Å². The van der Waals surface area contributed by atoms with Gasteiger partial charge in [0.2, 0.25) is 5.91 Å². The molecule has 0 aromatic rings. The van der Waals surface area contributed by atoms with Crippen LogP contribution in [0.1, 0.15) is 39.0 Å². The Bertz CT molecular complexity index is 261. The van der Waals surface area contributed by atoms with Crippen molar-refractivity contribution in [1.29, 1.82) is 0 Å². The summed E-state index contributed by atoms with van der Waals surface area (Å²) in [5.74, 6) is -0.719. The van der Waals surface area contributed by atoms with Crippen LogP contribution in [0.15, 0.2) is 0 Å². The fraction of sp³-hybridized carbons (Fsp3) is 0.833. The molecule has 1 fully saturated rings. The number of hydrogen-bond donors (Lipinski definition) is 1. The Kier molecular flexibility index (Phi) is 5.97. The minimum atomic E-state index is -0.695. The second-order valence-corrected chi connectivity index (χ2v) is 4.37. The molecule has 0 aromatic heterocycles. The number of ether oxygens (including phenoxy) is 2. The maximum Gasteiger partial charge on any atom is 0.330 e. The van der Waals surface area contributed by atoms with Gasteiger partial charge >= 0.3 is 5.97 Å². The molecule has 17 heavy (non-hydrogen) atoms. The molecule has 1 aliphatic rings. The van der Waals surface area contributed by atoms with E-state index in [0.717, 1.165) is 12.8 Å². The second-order valence-electron chi connectivity index (χ2n) is 4.37. The van der Waals surface area contributed by atoms with E-state index >= 15 is 0 Å². The molecule has 1 aliphatic carbocycles. The summed E-state index contributed by atoms with van der Waals surface area (Å²) in [7, 11) is 1.30. The Morgan fingerprint density at radius 3 is 2.47 bits per heavy atom. The topological polar surface area (TPSA) is 64.6 Å². The maximum atomic E-state index is 11.4. The molecule has 0 radical (unpaired) electrons. The lowest BCUT2D eigenvalue weighted by molar-refractivity contribution is -0.147. The van der Waals surface area contributed by atoms with Crippen LogP contribution in [0.4, 0.5) is 0 Å². The van der Waals surface area contributed by atoms with Gasteiger partial charge in [0.15, 0.2) is 6.04 Å². The summed E-state index contributed by atoms with van der Waals surface area (Å²) in [6.07, 6.45) is 5.89. The zero-order valence-electron chi connectivity index (χ0n) is 10.5. The first kappa shape index (κ1) is 14.0. The number of hydrogen-bond acceptors (Lipinski definition) is 4. The van der Waals surface area contributed by atoms with Crippen molar-refractivity contribution in [2.24, 2.45) is 0 Å². The first-order valence-electron chi connectivity index (χ1n) is 6.10. The van der Waals surface area contributed by atoms with Crippen molar-refractivity contribution in [2.45, 2.75) is 51.2 Å². The highest BCUT2D eigenvalue weighted by atomic mass is 16.5. The van der Waals surface area contributed by atoms with E-state index in [4.69, 9.17) is 4.74 Å². The van der Waals surface area contributed by atoms with Gasteiger partial charge in [-0.25, -0.2) is 4.79 Å². The fourth-order valence-electron chi connectivity index (χ4n) is 2.02. The van der Waals surface area contributed by atoms with Crippen LogP contribution >= 0.6 is 0 Å². The molecular weight excluding hydrogens is 222 g/mol. The van der Waals surface area contributed by atoms with Gasteiger partial charge in [0.25, 0.3) is 0 Å². The quantitative estimate of drug-likeness (QED) is 0.732. The van der Waals surface area contributed by atoms with Crippen molar-refractivity contribution >= 4 is 11.9 Å². The van der Waals surface area contributed by atoms with Gasteiger partial charge in [-0.2, -0.15) is 0 Å². The van der Waals surface area contributed by atoms with Crippen LogP contribution in [0.3, 0.4) is 0 Å². The van der Waals surface area contributed by atoms with Crippen molar-refractivity contribution in [3.8, 4) is 0 Å². The number of esters is 1. The van der Waals surface area contributed by atoms with E-state index in [-0.39, 0.29) is 18.6 Å². The third-order valence-corrected chi connectivity index (χ3v) is 2.91. The minimum Gasteiger partial charge on any atom is -0.467 e. The molecule has 0 unspecified atom stereocenters. The highest BCUT2D eigenvalue weighted by molar-refractivity contribution is 5.83. The number of nitrogens with one attached hydrogen (secondary N) is 1. The van der Waals surface area contributed by atoms with Crippen LogP contribution in [0, 0.1) is 0 Å². The van der Waals surface area contributed by atoms with Crippen LogP contribution < -0.4 is 5.32 Å². The van der Waals surface area contributed by atoms with Gasteiger partial charge in [-0.1, -0.05) is 19.3 Å². The molecular formula is C12H21NO4. The monoisotopic (exact) mass is 243 g/mol. The summed E-state index contributed by atoms with van der Waals surface area (Å²) < 4.78 is 10.3. The van der Waals surface area contributed by atoms with Gasteiger partial charge in [-0.3, -0.25) is 4.79 Å². The minimum absolute atomic E-state index is 0.191. The third-order valence-electron chi connectivity index (χ3n) is 2.91. The van der Waals surface area contributed by atoms with Crippen molar-refractivity contribution in [1.82, 2.24) is 5.32 Å². The third kappa shape index (κ3) is 5.17. The van der Waals surface area contributed by atoms with Crippen LogP contribution in [0.25, 0.3) is 0 Å². The summed E-state index contributed by atoms with van der Waals surface area (Å²) >= 11 is 0. The highest BCUT2D eigenvalue weighted by Gasteiger charge is 2.23. The van der Waals surface area contributed by atoms with E-state index in [9.17, 15) is 9.59 Å². The lowest BCUT2D eigenvalue weighted by Crippen LogP contribution is -2.44. The summed E-state index contributed by atoms with van der Waals surface area (Å²) in [4.78, 5) is 22.4. The summed E-state index contributed by atoms with van der Waals surface area (Å²) in [5.41, 5.74) is 0. The Labute approximate surface area is 102 Å². The van der Waals surface area contributed by atoms with E-state index in [1.54, 1.807) is 0 Å². The molecule has 98 valence electrons. The zero-order chi connectivity index (χ0) is 12.7. The summed E-state index contributed by atoms with van der Waals surface area (Å²) in [6, 6.07) is -0.695. The van der Waals surface area contributed by atoms with Crippen LogP contribution in [-0.2, 0) is 19.1 Å². The van der Waals surface area contributed by atoms with Crippen molar-refractivity contribution in [3.63, 3.8) is 0 Å². The van der Waals surface area contributed by atoms with Crippen LogP contribution in [0.2, 0.25) is 0 Å². The van der Waals surface area contributed by atoms with E-state index in [1.165, 1.54) is 33.3 Å². The standard InChI is InChI=1S/C12H21NO4/c1-9(14)13-11(12(15)16-2)8-17-10-6-4-3-5-7-10/h10-11H,3-8H2,1-2H3,(H,13,14)/t11-/m1/s1. The van der Waals surface area contributed by atoms with Crippen LogP contribution in [-0.4, -0.2) is 37.7 Å². The maximum absolute atomic E-state index is 11.4. The molecule has 0 heterocycles. The van der Waals surface area contributed by atoms with Crippen molar-refractivity contribution in [3.05, 3.63) is 0 Å².